The van der Waals surface area contributed by atoms with Gasteiger partial charge < -0.3 is 15.0 Å². The Morgan fingerprint density at radius 2 is 2.00 bits per heavy atom. The number of nitrogens with one attached hydrogen (secondary N) is 1. The Hall–Kier alpha value is -2.40. The van der Waals surface area contributed by atoms with E-state index in [1.807, 2.05) is 54.3 Å². The normalized spacial score (nSPS) is 16.6. The lowest BCUT2D eigenvalue weighted by atomic mass is 10.1. The molecular formula is C21H26N2O3. The van der Waals surface area contributed by atoms with Crippen LogP contribution in [0.3, 0.4) is 0 Å². The number of ether oxygens (including phenoxy) is 1. The summed E-state index contributed by atoms with van der Waals surface area (Å²) in [6.45, 7) is 4.41. The number of rotatable bonds is 7. The van der Waals surface area contributed by atoms with E-state index in [2.05, 4.69) is 5.32 Å². The summed E-state index contributed by atoms with van der Waals surface area (Å²) in [6.07, 6.45) is 2.55. The molecule has 0 aliphatic carbocycles. The molecule has 1 aliphatic heterocycles. The van der Waals surface area contributed by atoms with Crippen LogP contribution in [0, 0.1) is 0 Å². The van der Waals surface area contributed by atoms with E-state index < -0.39 is 0 Å². The fraction of sp³-hybridized carbons (Fsp3) is 0.429. The predicted molar refractivity (Wildman–Crippen MR) is 102 cm³/mol. The summed E-state index contributed by atoms with van der Waals surface area (Å²) >= 11 is 0. The van der Waals surface area contributed by atoms with Gasteiger partial charge in [-0.25, -0.2) is 0 Å². The fourth-order valence-corrected chi connectivity index (χ4v) is 3.32. The SMILES string of the molecule is CCN(CC1CCCO1)C(=O)CCNC(=O)c1ccc2ccccc2c1. The number of hydrogen-bond acceptors (Lipinski definition) is 3. The average molecular weight is 354 g/mol. The van der Waals surface area contributed by atoms with Crippen molar-refractivity contribution < 1.29 is 14.3 Å². The average Bonchev–Trinajstić information content (AvgIpc) is 3.18. The van der Waals surface area contributed by atoms with Gasteiger partial charge in [-0.05, 0) is 42.7 Å². The first-order valence-corrected chi connectivity index (χ1v) is 9.33. The number of benzene rings is 2. The topological polar surface area (TPSA) is 58.6 Å². The van der Waals surface area contributed by atoms with Crippen molar-refractivity contribution in [3.63, 3.8) is 0 Å². The zero-order valence-electron chi connectivity index (χ0n) is 15.2. The van der Waals surface area contributed by atoms with Gasteiger partial charge in [0.25, 0.3) is 5.91 Å². The van der Waals surface area contributed by atoms with Crippen molar-refractivity contribution >= 4 is 22.6 Å². The summed E-state index contributed by atoms with van der Waals surface area (Å²) in [5.41, 5.74) is 0.614. The van der Waals surface area contributed by atoms with Crippen LogP contribution in [0.25, 0.3) is 10.8 Å². The molecule has 1 atom stereocenters. The molecule has 5 heteroatoms. The van der Waals surface area contributed by atoms with Crippen molar-refractivity contribution in [1.82, 2.24) is 10.2 Å². The van der Waals surface area contributed by atoms with Crippen LogP contribution in [-0.4, -0.2) is 49.1 Å². The van der Waals surface area contributed by atoms with Gasteiger partial charge in [0.1, 0.15) is 0 Å². The van der Waals surface area contributed by atoms with Crippen LogP contribution in [0.4, 0.5) is 0 Å². The maximum Gasteiger partial charge on any atom is 0.251 e. The number of fused-ring (bicyclic) bond motifs is 1. The standard InChI is InChI=1S/C21H26N2O3/c1-2-23(15-19-8-5-13-26-19)20(24)11-12-22-21(25)18-10-9-16-6-3-4-7-17(16)14-18/h3-4,6-7,9-10,14,19H,2,5,8,11-13,15H2,1H3,(H,22,25). The number of amides is 2. The smallest absolute Gasteiger partial charge is 0.251 e. The van der Waals surface area contributed by atoms with E-state index in [4.69, 9.17) is 4.74 Å². The summed E-state index contributed by atoms with van der Waals surface area (Å²) in [7, 11) is 0. The number of nitrogens with zero attached hydrogens (tertiary/aromatic N) is 1. The van der Waals surface area contributed by atoms with Crippen LogP contribution in [0.5, 0.6) is 0 Å². The van der Waals surface area contributed by atoms with Crippen molar-refractivity contribution in [1.29, 1.82) is 0 Å². The van der Waals surface area contributed by atoms with Crippen molar-refractivity contribution in [2.24, 2.45) is 0 Å². The van der Waals surface area contributed by atoms with Gasteiger partial charge in [-0.2, -0.15) is 0 Å². The quantitative estimate of drug-likeness (QED) is 0.832. The summed E-state index contributed by atoms with van der Waals surface area (Å²) in [4.78, 5) is 26.5. The number of likely N-dealkylation sites (N-methyl/N-ethyl adjacent to an activating group) is 1. The van der Waals surface area contributed by atoms with E-state index in [0.717, 1.165) is 30.2 Å². The predicted octanol–water partition coefficient (Wildman–Crippen LogP) is 2.99. The summed E-state index contributed by atoms with van der Waals surface area (Å²) in [5, 5.41) is 4.99. The van der Waals surface area contributed by atoms with Gasteiger partial charge in [0.2, 0.25) is 5.91 Å². The van der Waals surface area contributed by atoms with Crippen LogP contribution in [0.15, 0.2) is 42.5 Å². The third kappa shape index (κ3) is 4.61. The van der Waals surface area contributed by atoms with Gasteiger partial charge >= 0.3 is 0 Å². The Morgan fingerprint density at radius 1 is 1.19 bits per heavy atom. The second-order valence-electron chi connectivity index (χ2n) is 6.64. The van der Waals surface area contributed by atoms with E-state index in [9.17, 15) is 9.59 Å². The third-order valence-corrected chi connectivity index (χ3v) is 4.82. The molecule has 1 fully saturated rings. The maximum atomic E-state index is 12.4. The highest BCUT2D eigenvalue weighted by molar-refractivity contribution is 5.98. The summed E-state index contributed by atoms with van der Waals surface area (Å²) in [5.74, 6) is -0.0902. The van der Waals surface area contributed by atoms with Crippen molar-refractivity contribution in [2.45, 2.75) is 32.3 Å². The van der Waals surface area contributed by atoms with Crippen LogP contribution >= 0.6 is 0 Å². The molecule has 2 aromatic carbocycles. The molecule has 0 radical (unpaired) electrons. The van der Waals surface area contributed by atoms with E-state index >= 15 is 0 Å². The largest absolute Gasteiger partial charge is 0.376 e. The van der Waals surface area contributed by atoms with Crippen molar-refractivity contribution in [2.75, 3.05) is 26.2 Å². The highest BCUT2D eigenvalue weighted by Gasteiger charge is 2.21. The molecule has 138 valence electrons. The second kappa shape index (κ2) is 8.81. The lowest BCUT2D eigenvalue weighted by Gasteiger charge is -2.24. The molecule has 26 heavy (non-hydrogen) atoms. The van der Waals surface area contributed by atoms with Gasteiger partial charge in [0.15, 0.2) is 0 Å². The molecule has 0 saturated carbocycles. The van der Waals surface area contributed by atoms with Crippen LogP contribution < -0.4 is 5.32 Å². The summed E-state index contributed by atoms with van der Waals surface area (Å²) < 4.78 is 5.61. The molecule has 1 N–H and O–H groups in total. The van der Waals surface area contributed by atoms with E-state index in [1.165, 1.54) is 0 Å². The zero-order valence-corrected chi connectivity index (χ0v) is 15.2. The lowest BCUT2D eigenvalue weighted by Crippen LogP contribution is -2.39. The van der Waals surface area contributed by atoms with Gasteiger partial charge in [0.05, 0.1) is 6.10 Å². The number of carbonyl (C=O) groups is 2. The van der Waals surface area contributed by atoms with Gasteiger partial charge in [-0.3, -0.25) is 9.59 Å². The molecule has 1 heterocycles. The Bertz CT molecular complexity index is 769. The van der Waals surface area contributed by atoms with E-state index in [0.29, 0.717) is 31.6 Å². The lowest BCUT2D eigenvalue weighted by molar-refractivity contribution is -0.132. The molecule has 2 aromatic rings. The minimum Gasteiger partial charge on any atom is -0.376 e. The van der Waals surface area contributed by atoms with Crippen LogP contribution in [0.1, 0.15) is 36.5 Å². The second-order valence-corrected chi connectivity index (χ2v) is 6.64. The minimum absolute atomic E-state index is 0.0572. The Balaban J connectivity index is 1.49. The van der Waals surface area contributed by atoms with E-state index in [-0.39, 0.29) is 17.9 Å². The van der Waals surface area contributed by atoms with Crippen LogP contribution in [-0.2, 0) is 9.53 Å². The highest BCUT2D eigenvalue weighted by Crippen LogP contribution is 2.16. The Labute approximate surface area is 154 Å². The molecular weight excluding hydrogens is 328 g/mol. The van der Waals surface area contributed by atoms with Gasteiger partial charge in [0, 0.05) is 38.2 Å². The first kappa shape index (κ1) is 18.4. The molecule has 5 nitrogen and oxygen atoms in total. The molecule has 1 saturated heterocycles. The van der Waals surface area contributed by atoms with Gasteiger partial charge in [-0.1, -0.05) is 30.3 Å². The van der Waals surface area contributed by atoms with E-state index in [1.54, 1.807) is 0 Å². The molecule has 1 aliphatic rings. The molecule has 3 rings (SSSR count). The monoisotopic (exact) mass is 354 g/mol. The Kier molecular flexibility index (Phi) is 6.23. The van der Waals surface area contributed by atoms with Gasteiger partial charge in [-0.15, -0.1) is 0 Å². The number of hydrogen-bond donors (Lipinski definition) is 1. The molecule has 1 unspecified atom stereocenters. The molecule has 2 amide bonds. The van der Waals surface area contributed by atoms with Crippen molar-refractivity contribution in [3.05, 3.63) is 48.0 Å². The van der Waals surface area contributed by atoms with Crippen LogP contribution in [0.2, 0.25) is 0 Å². The first-order valence-electron chi connectivity index (χ1n) is 9.33. The Morgan fingerprint density at radius 3 is 2.73 bits per heavy atom. The third-order valence-electron chi connectivity index (χ3n) is 4.82. The molecule has 0 spiro atoms. The first-order chi connectivity index (χ1) is 12.7. The number of carbonyl (C=O) groups excluding carboxylic acids is 2. The summed E-state index contributed by atoms with van der Waals surface area (Å²) in [6, 6.07) is 13.6. The van der Waals surface area contributed by atoms with Crippen molar-refractivity contribution in [3.8, 4) is 0 Å². The molecule has 0 bridgehead atoms. The minimum atomic E-state index is -0.147. The fourth-order valence-electron chi connectivity index (χ4n) is 3.32. The zero-order chi connectivity index (χ0) is 18.4. The molecule has 0 aromatic heterocycles. The highest BCUT2D eigenvalue weighted by atomic mass is 16.5. The maximum absolute atomic E-state index is 12.4.